The molecule has 0 aliphatic carbocycles. The van der Waals surface area contributed by atoms with Crippen molar-refractivity contribution in [1.82, 2.24) is 5.32 Å². The van der Waals surface area contributed by atoms with E-state index in [-0.39, 0.29) is 5.69 Å². The first-order chi connectivity index (χ1) is 9.54. The van der Waals surface area contributed by atoms with Gasteiger partial charge in [0, 0.05) is 30.7 Å². The first kappa shape index (κ1) is 16.4. The third-order valence-electron chi connectivity index (χ3n) is 2.79. The summed E-state index contributed by atoms with van der Waals surface area (Å²) in [7, 11) is 0. The predicted molar refractivity (Wildman–Crippen MR) is 76.9 cm³/mol. The second kappa shape index (κ2) is 8.50. The van der Waals surface area contributed by atoms with E-state index in [9.17, 15) is 15.2 Å². The van der Waals surface area contributed by atoms with E-state index in [1.54, 1.807) is 13.0 Å². The number of ether oxygens (including phenoxy) is 1. The number of nitro groups is 1. The van der Waals surface area contributed by atoms with Gasteiger partial charge in [0.05, 0.1) is 17.6 Å². The molecule has 0 bridgehead atoms. The van der Waals surface area contributed by atoms with Crippen LogP contribution in [0.1, 0.15) is 32.3 Å². The average Bonchev–Trinajstić information content (AvgIpc) is 2.39. The monoisotopic (exact) mass is 282 g/mol. The van der Waals surface area contributed by atoms with Crippen molar-refractivity contribution >= 4 is 5.69 Å². The zero-order chi connectivity index (χ0) is 15.0. The molecule has 1 atom stereocenters. The minimum atomic E-state index is -0.422. The fraction of sp³-hybridized carbons (Fsp3) is 0.571. The van der Waals surface area contributed by atoms with Crippen molar-refractivity contribution in [3.05, 3.63) is 33.9 Å². The van der Waals surface area contributed by atoms with Gasteiger partial charge in [-0.1, -0.05) is 6.92 Å². The Bertz CT molecular complexity index is 435. The maximum absolute atomic E-state index is 10.8. The molecule has 0 amide bonds. The van der Waals surface area contributed by atoms with E-state index >= 15 is 0 Å². The van der Waals surface area contributed by atoms with Crippen molar-refractivity contribution in [2.75, 3.05) is 13.2 Å². The number of nitrogens with one attached hydrogen (secondary N) is 1. The van der Waals surface area contributed by atoms with Crippen LogP contribution in [0.3, 0.4) is 0 Å². The molecular weight excluding hydrogens is 260 g/mol. The van der Waals surface area contributed by atoms with Crippen LogP contribution in [0.25, 0.3) is 0 Å². The summed E-state index contributed by atoms with van der Waals surface area (Å²) in [5, 5.41) is 23.2. The summed E-state index contributed by atoms with van der Waals surface area (Å²) in [5.74, 6) is 0.625. The molecule has 0 aliphatic rings. The molecule has 1 unspecified atom stereocenters. The summed E-state index contributed by atoms with van der Waals surface area (Å²) in [6, 6.07) is 4.57. The van der Waals surface area contributed by atoms with Gasteiger partial charge in [0.15, 0.2) is 0 Å². The molecule has 1 rings (SSSR count). The summed E-state index contributed by atoms with van der Waals surface area (Å²) in [6.45, 7) is 5.51. The lowest BCUT2D eigenvalue weighted by atomic mass is 10.1. The third-order valence-corrected chi connectivity index (χ3v) is 2.79. The van der Waals surface area contributed by atoms with Crippen LogP contribution in [-0.2, 0) is 6.54 Å². The Hall–Kier alpha value is -1.66. The van der Waals surface area contributed by atoms with Gasteiger partial charge < -0.3 is 15.2 Å². The van der Waals surface area contributed by atoms with Crippen molar-refractivity contribution in [1.29, 1.82) is 0 Å². The Morgan fingerprint density at radius 1 is 1.50 bits per heavy atom. The number of hydrogen-bond donors (Lipinski definition) is 2. The van der Waals surface area contributed by atoms with Gasteiger partial charge in [0.25, 0.3) is 5.69 Å². The van der Waals surface area contributed by atoms with E-state index in [4.69, 9.17) is 4.74 Å². The molecule has 0 saturated heterocycles. The van der Waals surface area contributed by atoms with Crippen molar-refractivity contribution in [2.24, 2.45) is 0 Å². The number of hydrogen-bond acceptors (Lipinski definition) is 5. The Morgan fingerprint density at radius 2 is 2.25 bits per heavy atom. The minimum absolute atomic E-state index is 0.0566. The molecule has 0 spiro atoms. The molecule has 6 nitrogen and oxygen atoms in total. The van der Waals surface area contributed by atoms with Crippen LogP contribution in [0.15, 0.2) is 18.2 Å². The number of aliphatic hydroxyl groups is 1. The van der Waals surface area contributed by atoms with Crippen molar-refractivity contribution in [3.63, 3.8) is 0 Å². The summed E-state index contributed by atoms with van der Waals surface area (Å²) in [5.41, 5.74) is 0.819. The predicted octanol–water partition coefficient (Wildman–Crippen LogP) is 2.24. The van der Waals surface area contributed by atoms with Crippen molar-refractivity contribution < 1.29 is 14.8 Å². The molecule has 1 aromatic rings. The molecule has 0 aliphatic heterocycles. The van der Waals surface area contributed by atoms with Crippen LogP contribution < -0.4 is 10.1 Å². The van der Waals surface area contributed by atoms with Crippen molar-refractivity contribution in [2.45, 2.75) is 39.3 Å². The highest BCUT2D eigenvalue weighted by atomic mass is 16.6. The maximum Gasteiger partial charge on any atom is 0.270 e. The van der Waals surface area contributed by atoms with Gasteiger partial charge in [-0.2, -0.15) is 0 Å². The Kier molecular flexibility index (Phi) is 6.97. The first-order valence-electron chi connectivity index (χ1n) is 6.83. The molecule has 0 radical (unpaired) electrons. The van der Waals surface area contributed by atoms with Gasteiger partial charge in [-0.25, -0.2) is 0 Å². The van der Waals surface area contributed by atoms with Crippen LogP contribution in [0.2, 0.25) is 0 Å². The Labute approximate surface area is 118 Å². The standard InChI is InChI=1S/C14H22N2O4/c1-3-7-15-10-12-9-13(16(18)19)4-5-14(12)20-8-6-11(2)17/h4-5,9,11,15,17H,3,6-8,10H2,1-2H3. The largest absolute Gasteiger partial charge is 0.493 e. The lowest BCUT2D eigenvalue weighted by molar-refractivity contribution is -0.384. The molecule has 20 heavy (non-hydrogen) atoms. The average molecular weight is 282 g/mol. The first-order valence-corrected chi connectivity index (χ1v) is 6.83. The summed E-state index contributed by atoms with van der Waals surface area (Å²) in [6.07, 6.45) is 1.10. The number of non-ortho nitro benzene ring substituents is 1. The van der Waals surface area contributed by atoms with Crippen LogP contribution in [0.5, 0.6) is 5.75 Å². The second-order valence-corrected chi connectivity index (χ2v) is 4.71. The zero-order valence-electron chi connectivity index (χ0n) is 12.0. The SMILES string of the molecule is CCCNCc1cc([N+](=O)[O-])ccc1OCCC(C)O. The Balaban J connectivity index is 2.76. The lowest BCUT2D eigenvalue weighted by Gasteiger charge is -2.12. The molecule has 0 aromatic heterocycles. The second-order valence-electron chi connectivity index (χ2n) is 4.71. The highest BCUT2D eigenvalue weighted by Crippen LogP contribution is 2.24. The molecule has 6 heteroatoms. The fourth-order valence-electron chi connectivity index (χ4n) is 1.70. The highest BCUT2D eigenvalue weighted by molar-refractivity contribution is 5.43. The molecule has 0 fully saturated rings. The number of rotatable bonds is 9. The molecular formula is C14H22N2O4. The lowest BCUT2D eigenvalue weighted by Crippen LogP contribution is -2.15. The molecule has 112 valence electrons. The van der Waals surface area contributed by atoms with Gasteiger partial charge in [-0.3, -0.25) is 10.1 Å². The maximum atomic E-state index is 10.8. The summed E-state index contributed by atoms with van der Waals surface area (Å²) < 4.78 is 5.59. The van der Waals surface area contributed by atoms with Gasteiger partial charge in [-0.05, 0) is 26.0 Å². The molecule has 0 heterocycles. The molecule has 0 saturated carbocycles. The van der Waals surface area contributed by atoms with Gasteiger partial charge in [0.2, 0.25) is 0 Å². The smallest absolute Gasteiger partial charge is 0.270 e. The van der Waals surface area contributed by atoms with E-state index in [2.05, 4.69) is 12.2 Å². The van der Waals surface area contributed by atoms with Gasteiger partial charge in [0.1, 0.15) is 5.75 Å². The van der Waals surface area contributed by atoms with Gasteiger partial charge >= 0.3 is 0 Å². The number of nitro benzene ring substituents is 1. The zero-order valence-corrected chi connectivity index (χ0v) is 12.0. The topological polar surface area (TPSA) is 84.6 Å². The normalized spacial score (nSPS) is 12.2. The van der Waals surface area contributed by atoms with Crippen LogP contribution in [0.4, 0.5) is 5.69 Å². The van der Waals surface area contributed by atoms with Gasteiger partial charge in [-0.15, -0.1) is 0 Å². The Morgan fingerprint density at radius 3 is 2.85 bits per heavy atom. The van der Waals surface area contributed by atoms with E-state index in [1.165, 1.54) is 12.1 Å². The number of aliphatic hydroxyl groups excluding tert-OH is 1. The minimum Gasteiger partial charge on any atom is -0.493 e. The number of benzene rings is 1. The van der Waals surface area contributed by atoms with Crippen molar-refractivity contribution in [3.8, 4) is 5.75 Å². The van der Waals surface area contributed by atoms with Crippen LogP contribution in [0, 0.1) is 10.1 Å². The third kappa shape index (κ3) is 5.54. The molecule has 2 N–H and O–H groups in total. The highest BCUT2D eigenvalue weighted by Gasteiger charge is 2.11. The van der Waals surface area contributed by atoms with E-state index < -0.39 is 11.0 Å². The van der Waals surface area contributed by atoms with Crippen LogP contribution >= 0.6 is 0 Å². The van der Waals surface area contributed by atoms with E-state index in [0.29, 0.717) is 25.3 Å². The van der Waals surface area contributed by atoms with E-state index in [0.717, 1.165) is 18.5 Å². The molecule has 1 aromatic carbocycles. The quantitative estimate of drug-likeness (QED) is 0.412. The summed E-state index contributed by atoms with van der Waals surface area (Å²) >= 11 is 0. The van der Waals surface area contributed by atoms with E-state index in [1.807, 2.05) is 0 Å². The fourth-order valence-corrected chi connectivity index (χ4v) is 1.70. The van der Waals surface area contributed by atoms with Crippen LogP contribution in [-0.4, -0.2) is 29.3 Å². The number of nitrogens with zero attached hydrogens (tertiary/aromatic N) is 1. The summed E-state index contributed by atoms with van der Waals surface area (Å²) in [4.78, 5) is 10.4.